The Bertz CT molecular complexity index is 1220. The molecule has 2 aliphatic rings. The maximum atomic E-state index is 12.7. The topological polar surface area (TPSA) is 103 Å². The van der Waals surface area contributed by atoms with Crippen molar-refractivity contribution in [3.63, 3.8) is 0 Å². The number of hydrogen-bond donors (Lipinski definition) is 3. The first-order valence-corrected chi connectivity index (χ1v) is 9.33. The Morgan fingerprint density at radius 3 is 2.76 bits per heavy atom. The third-order valence-electron chi connectivity index (χ3n) is 5.23. The van der Waals surface area contributed by atoms with Crippen molar-refractivity contribution >= 4 is 17.6 Å². The number of nitrogens with zero attached hydrogens (tertiary/aromatic N) is 4. The Balaban J connectivity index is 1.67. The van der Waals surface area contributed by atoms with Crippen LogP contribution in [-0.2, 0) is 6.42 Å². The van der Waals surface area contributed by atoms with Crippen LogP contribution in [0.2, 0.25) is 0 Å². The van der Waals surface area contributed by atoms with Gasteiger partial charge >= 0.3 is 0 Å². The van der Waals surface area contributed by atoms with Crippen molar-refractivity contribution in [2.45, 2.75) is 19.5 Å². The van der Waals surface area contributed by atoms with Crippen LogP contribution in [0.3, 0.4) is 0 Å². The van der Waals surface area contributed by atoms with E-state index in [-0.39, 0.29) is 17.1 Å². The van der Waals surface area contributed by atoms with Gasteiger partial charge in [-0.05, 0) is 37.1 Å². The number of anilines is 2. The van der Waals surface area contributed by atoms with Crippen LogP contribution in [0.1, 0.15) is 23.0 Å². The summed E-state index contributed by atoms with van der Waals surface area (Å²) in [6, 6.07) is 14.0. The molecule has 1 atom stereocenters. The molecule has 1 aromatic heterocycles. The summed E-state index contributed by atoms with van der Waals surface area (Å²) in [5, 5.41) is 22.9. The Morgan fingerprint density at radius 1 is 1.10 bits per heavy atom. The van der Waals surface area contributed by atoms with Crippen LogP contribution >= 0.6 is 0 Å². The van der Waals surface area contributed by atoms with E-state index in [4.69, 9.17) is 4.99 Å². The van der Waals surface area contributed by atoms with Crippen molar-refractivity contribution in [3.05, 3.63) is 75.7 Å². The molecule has 0 spiro atoms. The summed E-state index contributed by atoms with van der Waals surface area (Å²) in [4.78, 5) is 24.1. The quantitative estimate of drug-likeness (QED) is 0.552. The largest absolute Gasteiger partial charge is 0.504 e. The van der Waals surface area contributed by atoms with Crippen molar-refractivity contribution in [2.75, 3.05) is 16.8 Å². The van der Waals surface area contributed by atoms with Gasteiger partial charge in [-0.1, -0.05) is 24.3 Å². The lowest BCUT2D eigenvalue weighted by Gasteiger charge is -2.31. The van der Waals surface area contributed by atoms with E-state index < -0.39 is 6.17 Å². The number of aryl methyl sites for hydroxylation is 1. The highest BCUT2D eigenvalue weighted by Gasteiger charge is 2.31. The first kappa shape index (κ1) is 17.3. The third kappa shape index (κ3) is 2.80. The summed E-state index contributed by atoms with van der Waals surface area (Å²) in [7, 11) is 0. The molecular formula is C21H19N5O3. The van der Waals surface area contributed by atoms with Gasteiger partial charge in [0, 0.05) is 29.6 Å². The van der Waals surface area contributed by atoms with Crippen molar-refractivity contribution in [1.82, 2.24) is 9.55 Å². The van der Waals surface area contributed by atoms with E-state index >= 15 is 0 Å². The van der Waals surface area contributed by atoms with Crippen molar-refractivity contribution in [3.8, 4) is 11.5 Å². The predicted molar refractivity (Wildman–Crippen MR) is 110 cm³/mol. The van der Waals surface area contributed by atoms with E-state index in [2.05, 4.69) is 21.3 Å². The molecule has 8 heteroatoms. The molecule has 0 fully saturated rings. The molecule has 3 aromatic rings. The predicted octanol–water partition coefficient (Wildman–Crippen LogP) is 2.35. The van der Waals surface area contributed by atoms with Crippen LogP contribution in [0.4, 0.5) is 11.6 Å². The second kappa shape index (κ2) is 6.37. The van der Waals surface area contributed by atoms with Gasteiger partial charge in [-0.3, -0.25) is 14.7 Å². The molecule has 3 heterocycles. The van der Waals surface area contributed by atoms with Crippen LogP contribution in [0.5, 0.6) is 11.5 Å². The summed E-state index contributed by atoms with van der Waals surface area (Å²) in [5.41, 5.74) is 3.22. The highest BCUT2D eigenvalue weighted by atomic mass is 16.3. The number of para-hydroxylation sites is 1. The molecule has 3 N–H and O–H groups in total. The van der Waals surface area contributed by atoms with Gasteiger partial charge < -0.3 is 15.1 Å². The van der Waals surface area contributed by atoms with Crippen LogP contribution < -0.4 is 15.8 Å². The fourth-order valence-electron chi connectivity index (χ4n) is 3.86. The van der Waals surface area contributed by atoms with Crippen molar-refractivity contribution in [2.24, 2.45) is 4.99 Å². The van der Waals surface area contributed by atoms with E-state index in [1.807, 2.05) is 18.2 Å². The normalized spacial score (nSPS) is 17.3. The molecule has 29 heavy (non-hydrogen) atoms. The summed E-state index contributed by atoms with van der Waals surface area (Å²) >= 11 is 0. The Kier molecular flexibility index (Phi) is 3.80. The first-order chi connectivity index (χ1) is 14.0. The van der Waals surface area contributed by atoms with Crippen molar-refractivity contribution in [1.29, 1.82) is 0 Å². The minimum Gasteiger partial charge on any atom is -0.504 e. The van der Waals surface area contributed by atoms with E-state index in [9.17, 15) is 15.0 Å². The third-order valence-corrected chi connectivity index (χ3v) is 5.23. The van der Waals surface area contributed by atoms with Gasteiger partial charge in [0.25, 0.3) is 5.56 Å². The fraction of sp³-hybridized carbons (Fsp3) is 0.190. The highest BCUT2D eigenvalue weighted by Crippen LogP contribution is 2.34. The smallest absolute Gasteiger partial charge is 0.257 e. The number of phenols is 2. The van der Waals surface area contributed by atoms with Crippen LogP contribution in [0.15, 0.2) is 58.3 Å². The number of rotatable bonds is 1. The Hall–Kier alpha value is -3.81. The number of hydrogen-bond acceptors (Lipinski definition) is 7. The van der Waals surface area contributed by atoms with Gasteiger partial charge in [-0.2, -0.15) is 0 Å². The van der Waals surface area contributed by atoms with Gasteiger partial charge in [0.2, 0.25) is 11.9 Å². The zero-order chi connectivity index (χ0) is 20.1. The number of benzene rings is 2. The summed E-state index contributed by atoms with van der Waals surface area (Å²) in [5.74, 6) is 0.487. The fourth-order valence-corrected chi connectivity index (χ4v) is 3.86. The van der Waals surface area contributed by atoms with Gasteiger partial charge in [0.15, 0.2) is 17.7 Å². The minimum atomic E-state index is -0.721. The lowest BCUT2D eigenvalue weighted by Crippen LogP contribution is -2.43. The molecule has 2 aromatic carbocycles. The number of aromatic nitrogens is 2. The summed E-state index contributed by atoms with van der Waals surface area (Å²) < 4.78 is 1.45. The minimum absolute atomic E-state index is 0.227. The molecule has 5 rings (SSSR count). The van der Waals surface area contributed by atoms with Crippen LogP contribution in [-0.4, -0.2) is 32.3 Å². The van der Waals surface area contributed by atoms with Crippen LogP contribution in [0, 0.1) is 6.92 Å². The second-order valence-corrected chi connectivity index (χ2v) is 7.16. The molecule has 146 valence electrons. The van der Waals surface area contributed by atoms with E-state index in [1.165, 1.54) is 28.3 Å². The lowest BCUT2D eigenvalue weighted by atomic mass is 10.1. The molecule has 0 aliphatic carbocycles. The monoisotopic (exact) mass is 389 g/mol. The number of guanidine groups is 1. The number of aliphatic imine (C=N–C) groups is 1. The van der Waals surface area contributed by atoms with E-state index in [0.717, 1.165) is 18.7 Å². The average molecular weight is 389 g/mol. The van der Waals surface area contributed by atoms with Crippen molar-refractivity contribution < 1.29 is 10.2 Å². The zero-order valence-electron chi connectivity index (χ0n) is 15.7. The maximum absolute atomic E-state index is 12.7. The second-order valence-electron chi connectivity index (χ2n) is 7.16. The standard InChI is InChI=1S/C21H19N5O3/c1-12-10-18(29)26-19(14-6-7-16(27)17(28)11-14)23-20(24-21(26)22-12)25-9-8-13-4-2-3-5-15(13)25/h2-7,10-11,19,27-28H,8-9H2,1H3,(H,22,23,24)/t19-/m0/s1. The van der Waals surface area contributed by atoms with Gasteiger partial charge in [0.05, 0.1) is 0 Å². The lowest BCUT2D eigenvalue weighted by molar-refractivity contribution is 0.402. The molecule has 8 nitrogen and oxygen atoms in total. The number of aromatic hydroxyl groups is 2. The average Bonchev–Trinajstić information content (AvgIpc) is 3.13. The number of fused-ring (bicyclic) bond motifs is 2. The molecule has 0 bridgehead atoms. The van der Waals surface area contributed by atoms with Gasteiger partial charge in [-0.15, -0.1) is 0 Å². The van der Waals surface area contributed by atoms with Gasteiger partial charge in [-0.25, -0.2) is 9.98 Å². The molecule has 0 unspecified atom stereocenters. The summed E-state index contributed by atoms with van der Waals surface area (Å²) in [6.07, 6.45) is 0.177. The summed E-state index contributed by atoms with van der Waals surface area (Å²) in [6.45, 7) is 2.52. The number of nitrogens with one attached hydrogen (secondary N) is 1. The molecule has 0 amide bonds. The van der Waals surface area contributed by atoms with E-state index in [1.54, 1.807) is 13.0 Å². The van der Waals surface area contributed by atoms with Gasteiger partial charge in [0.1, 0.15) is 0 Å². The number of phenolic OH excluding ortho intramolecular Hbond substituents is 2. The molecule has 0 saturated heterocycles. The Morgan fingerprint density at radius 2 is 1.93 bits per heavy atom. The zero-order valence-corrected chi connectivity index (χ0v) is 15.7. The molecular weight excluding hydrogens is 370 g/mol. The maximum Gasteiger partial charge on any atom is 0.257 e. The Labute approximate surface area is 166 Å². The molecule has 0 saturated carbocycles. The molecule has 0 radical (unpaired) electrons. The van der Waals surface area contributed by atoms with E-state index in [0.29, 0.717) is 23.2 Å². The highest BCUT2D eigenvalue weighted by molar-refractivity contribution is 6.06. The molecule has 2 aliphatic heterocycles. The SMILES string of the molecule is Cc1cc(=O)n2c(n1)NC(N1CCc3ccccc31)=N[C@@H]2c1ccc(O)c(O)c1. The van der Waals surface area contributed by atoms with Crippen LogP contribution in [0.25, 0.3) is 0 Å². The first-order valence-electron chi connectivity index (χ1n) is 9.33.